The van der Waals surface area contributed by atoms with Gasteiger partial charge in [0.15, 0.2) is 0 Å². The fourth-order valence-electron chi connectivity index (χ4n) is 5.17. The lowest BCUT2D eigenvalue weighted by Crippen LogP contribution is -2.05. The molecule has 4 nitrogen and oxygen atoms in total. The summed E-state index contributed by atoms with van der Waals surface area (Å²) in [5.74, 6) is 0.582. The van der Waals surface area contributed by atoms with E-state index in [-0.39, 0.29) is 18.2 Å². The van der Waals surface area contributed by atoms with Crippen LogP contribution in [0.5, 0.6) is 11.5 Å². The molecule has 0 aliphatic heterocycles. The average Bonchev–Trinajstić information content (AvgIpc) is 3.17. The van der Waals surface area contributed by atoms with Crippen molar-refractivity contribution < 1.29 is 23.8 Å². The molecular formula is C31H35FO4. The van der Waals surface area contributed by atoms with Crippen LogP contribution in [0.2, 0.25) is 0 Å². The molecule has 0 radical (unpaired) electrons. The van der Waals surface area contributed by atoms with E-state index in [4.69, 9.17) is 14.6 Å². The van der Waals surface area contributed by atoms with Crippen molar-refractivity contribution in [3.05, 3.63) is 83.2 Å². The van der Waals surface area contributed by atoms with Gasteiger partial charge in [0.2, 0.25) is 0 Å². The fraction of sp³-hybridized carbons (Fsp3) is 0.387. The number of carboxylic acids is 1. The van der Waals surface area contributed by atoms with E-state index in [1.165, 1.54) is 37.3 Å². The number of halogens is 1. The predicted octanol–water partition coefficient (Wildman–Crippen LogP) is 8.10. The standard InChI is InChI=1S/C31H35FO4/c1-21(16-31(33)34)24-10-7-11-26(18-24)36-20-22-12-14-27(29-19-25(35-2)13-15-30(29)32)28(17-22)23-8-5-3-4-6-9-23/h7,10-15,17-19,21,23H,3-6,8-9,16,20H2,1-2H3,(H,33,34)/t21-/m1/s1. The summed E-state index contributed by atoms with van der Waals surface area (Å²) < 4.78 is 26.4. The van der Waals surface area contributed by atoms with E-state index in [2.05, 4.69) is 6.07 Å². The molecule has 5 heteroatoms. The molecule has 0 saturated heterocycles. The van der Waals surface area contributed by atoms with E-state index in [9.17, 15) is 9.18 Å². The summed E-state index contributed by atoms with van der Waals surface area (Å²) in [5.41, 5.74) is 4.64. The number of benzene rings is 3. The summed E-state index contributed by atoms with van der Waals surface area (Å²) >= 11 is 0. The maximum Gasteiger partial charge on any atom is 0.303 e. The molecule has 3 aromatic carbocycles. The minimum atomic E-state index is -0.813. The van der Waals surface area contributed by atoms with Crippen molar-refractivity contribution in [2.75, 3.05) is 7.11 Å². The Hall–Kier alpha value is -3.34. The second-order valence-electron chi connectivity index (χ2n) is 9.82. The number of methoxy groups -OCH3 is 1. The minimum Gasteiger partial charge on any atom is -0.497 e. The first-order valence-corrected chi connectivity index (χ1v) is 12.9. The quantitative estimate of drug-likeness (QED) is 0.308. The van der Waals surface area contributed by atoms with Gasteiger partial charge in [-0.2, -0.15) is 0 Å². The first-order valence-electron chi connectivity index (χ1n) is 12.9. The zero-order chi connectivity index (χ0) is 25.5. The highest BCUT2D eigenvalue weighted by Gasteiger charge is 2.21. The SMILES string of the molecule is COc1ccc(F)c(-c2ccc(COc3cccc([C@H](C)CC(=O)O)c3)cc2C2CCCCCC2)c1. The van der Waals surface area contributed by atoms with Gasteiger partial charge in [-0.05, 0) is 77.3 Å². The summed E-state index contributed by atoms with van der Waals surface area (Å²) in [6.07, 6.45) is 7.16. The minimum absolute atomic E-state index is 0.0799. The lowest BCUT2D eigenvalue weighted by Gasteiger charge is -2.21. The smallest absolute Gasteiger partial charge is 0.303 e. The van der Waals surface area contributed by atoms with Crippen LogP contribution in [-0.2, 0) is 11.4 Å². The topological polar surface area (TPSA) is 55.8 Å². The van der Waals surface area contributed by atoms with Crippen molar-refractivity contribution in [1.29, 1.82) is 0 Å². The van der Waals surface area contributed by atoms with E-state index < -0.39 is 5.97 Å². The van der Waals surface area contributed by atoms with Gasteiger partial charge in [-0.15, -0.1) is 0 Å². The molecule has 1 atom stereocenters. The molecule has 0 aromatic heterocycles. The van der Waals surface area contributed by atoms with E-state index in [1.807, 2.05) is 43.3 Å². The molecule has 1 N–H and O–H groups in total. The third kappa shape index (κ3) is 6.45. The maximum absolute atomic E-state index is 15.0. The molecule has 36 heavy (non-hydrogen) atoms. The molecule has 190 valence electrons. The van der Waals surface area contributed by atoms with Crippen molar-refractivity contribution in [2.24, 2.45) is 0 Å². The van der Waals surface area contributed by atoms with Crippen molar-refractivity contribution >= 4 is 5.97 Å². The normalized spacial score (nSPS) is 15.2. The van der Waals surface area contributed by atoms with Gasteiger partial charge in [-0.3, -0.25) is 4.79 Å². The van der Waals surface area contributed by atoms with E-state index >= 15 is 0 Å². The molecule has 0 spiro atoms. The number of aliphatic carboxylic acids is 1. The number of hydrogen-bond acceptors (Lipinski definition) is 3. The van der Waals surface area contributed by atoms with E-state index in [0.717, 1.165) is 29.5 Å². The summed E-state index contributed by atoms with van der Waals surface area (Å²) in [6, 6.07) is 18.7. The van der Waals surface area contributed by atoms with Crippen molar-refractivity contribution in [2.45, 2.75) is 70.3 Å². The van der Waals surface area contributed by atoms with Gasteiger partial charge >= 0.3 is 5.97 Å². The Morgan fingerprint density at radius 1 is 0.972 bits per heavy atom. The van der Waals surface area contributed by atoms with Crippen LogP contribution in [0.1, 0.15) is 80.4 Å². The lowest BCUT2D eigenvalue weighted by molar-refractivity contribution is -0.137. The van der Waals surface area contributed by atoms with Crippen LogP contribution < -0.4 is 9.47 Å². The Labute approximate surface area is 213 Å². The lowest BCUT2D eigenvalue weighted by atomic mass is 9.85. The zero-order valence-electron chi connectivity index (χ0n) is 21.1. The average molecular weight is 491 g/mol. The molecular weight excluding hydrogens is 455 g/mol. The van der Waals surface area contributed by atoms with Crippen LogP contribution in [0.4, 0.5) is 4.39 Å². The molecule has 3 aromatic rings. The van der Waals surface area contributed by atoms with Crippen molar-refractivity contribution in [3.63, 3.8) is 0 Å². The highest BCUT2D eigenvalue weighted by molar-refractivity contribution is 5.71. The second-order valence-corrected chi connectivity index (χ2v) is 9.82. The number of rotatable bonds is 9. The molecule has 1 saturated carbocycles. The molecule has 0 bridgehead atoms. The molecule has 1 aliphatic carbocycles. The van der Waals surface area contributed by atoms with Crippen LogP contribution in [-0.4, -0.2) is 18.2 Å². The maximum atomic E-state index is 15.0. The largest absolute Gasteiger partial charge is 0.497 e. The third-order valence-electron chi connectivity index (χ3n) is 7.19. The fourth-order valence-corrected chi connectivity index (χ4v) is 5.17. The van der Waals surface area contributed by atoms with Crippen LogP contribution in [0.15, 0.2) is 60.7 Å². The molecule has 0 amide bonds. The molecule has 4 rings (SSSR count). The van der Waals surface area contributed by atoms with Gasteiger partial charge in [-0.1, -0.05) is 62.9 Å². The molecule has 0 unspecified atom stereocenters. The van der Waals surface area contributed by atoms with Crippen LogP contribution in [0, 0.1) is 5.82 Å². The number of ether oxygens (including phenoxy) is 2. The number of carboxylic acid groups (broad SMARTS) is 1. The van der Waals surface area contributed by atoms with Gasteiger partial charge in [0.25, 0.3) is 0 Å². The summed E-state index contributed by atoms with van der Waals surface area (Å²) in [7, 11) is 1.60. The van der Waals surface area contributed by atoms with Gasteiger partial charge in [0, 0.05) is 5.56 Å². The number of carbonyl (C=O) groups is 1. The Kier molecular flexibility index (Phi) is 8.63. The monoisotopic (exact) mass is 490 g/mol. The van der Waals surface area contributed by atoms with Gasteiger partial charge < -0.3 is 14.6 Å². The van der Waals surface area contributed by atoms with Crippen LogP contribution in [0.25, 0.3) is 11.1 Å². The Morgan fingerprint density at radius 3 is 2.47 bits per heavy atom. The van der Waals surface area contributed by atoms with Gasteiger partial charge in [0.05, 0.1) is 13.5 Å². The van der Waals surface area contributed by atoms with Gasteiger partial charge in [0.1, 0.15) is 23.9 Å². The third-order valence-corrected chi connectivity index (χ3v) is 7.19. The van der Waals surface area contributed by atoms with Crippen LogP contribution in [0.3, 0.4) is 0 Å². The summed E-state index contributed by atoms with van der Waals surface area (Å²) in [4.78, 5) is 11.1. The summed E-state index contributed by atoms with van der Waals surface area (Å²) in [5, 5.41) is 9.11. The van der Waals surface area contributed by atoms with E-state index in [0.29, 0.717) is 29.6 Å². The van der Waals surface area contributed by atoms with Crippen LogP contribution >= 0.6 is 0 Å². The first-order chi connectivity index (χ1) is 17.4. The van der Waals surface area contributed by atoms with Crippen molar-refractivity contribution in [3.8, 4) is 22.6 Å². The molecule has 1 aliphatic rings. The Balaban J connectivity index is 1.61. The predicted molar refractivity (Wildman–Crippen MR) is 140 cm³/mol. The number of hydrogen-bond donors (Lipinski definition) is 1. The first kappa shape index (κ1) is 25.7. The summed E-state index contributed by atoms with van der Waals surface area (Å²) in [6.45, 7) is 2.29. The van der Waals surface area contributed by atoms with Crippen molar-refractivity contribution in [1.82, 2.24) is 0 Å². The highest BCUT2D eigenvalue weighted by Crippen LogP contribution is 2.40. The van der Waals surface area contributed by atoms with E-state index in [1.54, 1.807) is 19.2 Å². The zero-order valence-corrected chi connectivity index (χ0v) is 21.1. The molecule has 1 fully saturated rings. The second kappa shape index (κ2) is 12.1. The Morgan fingerprint density at radius 2 is 1.75 bits per heavy atom. The molecule has 0 heterocycles. The Bertz CT molecular complexity index is 1180. The van der Waals surface area contributed by atoms with Gasteiger partial charge in [-0.25, -0.2) is 4.39 Å². The highest BCUT2D eigenvalue weighted by atomic mass is 19.1.